The van der Waals surface area contributed by atoms with Gasteiger partial charge < -0.3 is 24.1 Å². The smallest absolute Gasteiger partial charge is 0.349 e. The zero-order valence-electron chi connectivity index (χ0n) is 19.4. The van der Waals surface area contributed by atoms with Crippen LogP contribution in [0.3, 0.4) is 0 Å². The molecule has 0 spiro atoms. The number of hydrogen-bond acceptors (Lipinski definition) is 9. The lowest BCUT2D eigenvalue weighted by Crippen LogP contribution is -2.38. The van der Waals surface area contributed by atoms with Crippen LogP contribution in [0.5, 0.6) is 5.75 Å². The van der Waals surface area contributed by atoms with Gasteiger partial charge in [-0.3, -0.25) is 4.79 Å². The Hall–Kier alpha value is -4.24. The largest absolute Gasteiger partial charge is 0.496 e. The maximum absolute atomic E-state index is 12.8. The Balaban J connectivity index is 1.53. The first-order valence-corrected chi connectivity index (χ1v) is 11.2. The number of rotatable bonds is 6. The van der Waals surface area contributed by atoms with Gasteiger partial charge >= 0.3 is 5.63 Å². The molecule has 0 unspecified atom stereocenters. The summed E-state index contributed by atoms with van der Waals surface area (Å²) >= 11 is 0. The van der Waals surface area contributed by atoms with E-state index in [4.69, 9.17) is 13.9 Å². The summed E-state index contributed by atoms with van der Waals surface area (Å²) in [5, 5.41) is 3.94. The summed E-state index contributed by atoms with van der Waals surface area (Å²) in [6.45, 7) is 3.62. The van der Waals surface area contributed by atoms with Crippen molar-refractivity contribution < 1.29 is 18.7 Å². The molecule has 1 saturated heterocycles. The number of aromatic nitrogens is 2. The van der Waals surface area contributed by atoms with Gasteiger partial charge in [-0.25, -0.2) is 14.8 Å². The number of carbonyl (C=O) groups is 1. The van der Waals surface area contributed by atoms with Crippen molar-refractivity contribution in [2.45, 2.75) is 6.92 Å². The predicted octanol–water partition coefficient (Wildman–Crippen LogP) is 4.04. The van der Waals surface area contributed by atoms with Gasteiger partial charge in [0.15, 0.2) is 5.78 Å². The highest BCUT2D eigenvalue weighted by Crippen LogP contribution is 2.33. The van der Waals surface area contributed by atoms with Crippen LogP contribution in [-0.4, -0.2) is 49.2 Å². The molecule has 0 bridgehead atoms. The van der Waals surface area contributed by atoms with Crippen LogP contribution in [0, 0.1) is 0 Å². The van der Waals surface area contributed by atoms with E-state index in [2.05, 4.69) is 15.3 Å². The molecule has 2 aromatic heterocycles. The number of Topliss-reactive ketones (excluding diaryl/α,β-unsaturated/α-hetero) is 1. The van der Waals surface area contributed by atoms with E-state index in [1.165, 1.54) is 13.3 Å². The summed E-state index contributed by atoms with van der Waals surface area (Å²) in [5.41, 5.74) is 2.62. The predicted molar refractivity (Wildman–Crippen MR) is 133 cm³/mol. The van der Waals surface area contributed by atoms with E-state index in [0.29, 0.717) is 65.9 Å². The Bertz CT molecular complexity index is 1460. The van der Waals surface area contributed by atoms with E-state index in [1.54, 1.807) is 13.2 Å². The number of para-hydroxylation sites is 1. The molecule has 1 fully saturated rings. The minimum atomic E-state index is -0.649. The van der Waals surface area contributed by atoms with Crippen molar-refractivity contribution in [3.8, 4) is 17.0 Å². The Morgan fingerprint density at radius 2 is 1.89 bits per heavy atom. The molecule has 5 rings (SSSR count). The van der Waals surface area contributed by atoms with E-state index >= 15 is 0 Å². The van der Waals surface area contributed by atoms with Crippen LogP contribution in [0.15, 0.2) is 64.1 Å². The Morgan fingerprint density at radius 3 is 2.66 bits per heavy atom. The third-order valence-electron chi connectivity index (χ3n) is 5.88. The van der Waals surface area contributed by atoms with Crippen LogP contribution in [0.2, 0.25) is 0 Å². The highest BCUT2D eigenvalue weighted by atomic mass is 16.5. The molecule has 2 aromatic carbocycles. The van der Waals surface area contributed by atoms with Gasteiger partial charge in [-0.1, -0.05) is 12.1 Å². The number of ether oxygens (including phenoxy) is 2. The summed E-state index contributed by atoms with van der Waals surface area (Å²) in [5.74, 6) is 0.951. The normalized spacial score (nSPS) is 13.6. The molecule has 1 N–H and O–H groups in total. The molecule has 0 aliphatic carbocycles. The first kappa shape index (κ1) is 22.5. The summed E-state index contributed by atoms with van der Waals surface area (Å²) < 4.78 is 16.5. The maximum Gasteiger partial charge on any atom is 0.349 e. The van der Waals surface area contributed by atoms with Crippen molar-refractivity contribution >= 4 is 33.9 Å². The summed E-state index contributed by atoms with van der Waals surface area (Å²) in [4.78, 5) is 35.8. The van der Waals surface area contributed by atoms with Crippen molar-refractivity contribution in [3.05, 3.63) is 70.8 Å². The fraction of sp³-hybridized carbons (Fsp3) is 0.231. The summed E-state index contributed by atoms with van der Waals surface area (Å²) in [6.07, 6.45) is 1.47. The zero-order valence-corrected chi connectivity index (χ0v) is 19.4. The zero-order chi connectivity index (χ0) is 24.4. The molecule has 178 valence electrons. The number of morpholine rings is 1. The van der Waals surface area contributed by atoms with Crippen LogP contribution in [0.1, 0.15) is 17.3 Å². The molecule has 3 heterocycles. The Morgan fingerprint density at radius 1 is 1.09 bits per heavy atom. The number of nitrogens with zero attached hydrogens (tertiary/aromatic N) is 3. The van der Waals surface area contributed by atoms with Crippen molar-refractivity contribution in [2.75, 3.05) is 43.6 Å². The molecule has 9 nitrogen and oxygen atoms in total. The highest BCUT2D eigenvalue weighted by molar-refractivity contribution is 6.07. The Kier molecular flexibility index (Phi) is 6.15. The SMILES string of the molecule is COc1ccccc1-c1cc(Nc2ccc3c(N4CCOCC4)c(C(C)=O)c(=O)oc3c2)ncn1. The molecule has 35 heavy (non-hydrogen) atoms. The molecule has 1 aliphatic rings. The summed E-state index contributed by atoms with van der Waals surface area (Å²) in [7, 11) is 1.62. The van der Waals surface area contributed by atoms with Crippen molar-refractivity contribution in [1.29, 1.82) is 0 Å². The van der Waals surface area contributed by atoms with Gasteiger partial charge in [0.2, 0.25) is 0 Å². The minimum Gasteiger partial charge on any atom is -0.496 e. The maximum atomic E-state index is 12.8. The van der Waals surface area contributed by atoms with Crippen molar-refractivity contribution in [2.24, 2.45) is 0 Å². The minimum absolute atomic E-state index is 0.0670. The first-order valence-electron chi connectivity index (χ1n) is 11.2. The second-order valence-electron chi connectivity index (χ2n) is 8.09. The van der Waals surface area contributed by atoms with Crippen LogP contribution in [0.4, 0.5) is 17.2 Å². The van der Waals surface area contributed by atoms with E-state index in [1.807, 2.05) is 47.4 Å². The third-order valence-corrected chi connectivity index (χ3v) is 5.88. The van der Waals surface area contributed by atoms with Crippen LogP contribution in [0.25, 0.3) is 22.2 Å². The lowest BCUT2D eigenvalue weighted by molar-refractivity contribution is 0.101. The second kappa shape index (κ2) is 9.55. The first-order chi connectivity index (χ1) is 17.0. The number of fused-ring (bicyclic) bond motifs is 1. The Labute approximate surface area is 201 Å². The average molecular weight is 473 g/mol. The molecule has 0 amide bonds. The highest BCUT2D eigenvalue weighted by Gasteiger charge is 2.24. The van der Waals surface area contributed by atoms with Gasteiger partial charge in [0.05, 0.1) is 31.7 Å². The number of methoxy groups -OCH3 is 1. The van der Waals surface area contributed by atoms with Gasteiger partial charge in [-0.05, 0) is 31.2 Å². The molecule has 1 aliphatic heterocycles. The van der Waals surface area contributed by atoms with Gasteiger partial charge in [0.25, 0.3) is 0 Å². The van der Waals surface area contributed by atoms with Gasteiger partial charge in [-0.2, -0.15) is 0 Å². The summed E-state index contributed by atoms with van der Waals surface area (Å²) in [6, 6.07) is 14.9. The monoisotopic (exact) mass is 472 g/mol. The number of benzene rings is 2. The van der Waals surface area contributed by atoms with E-state index in [0.717, 1.165) is 5.56 Å². The molecule has 0 radical (unpaired) electrons. The molecule has 4 aromatic rings. The fourth-order valence-electron chi connectivity index (χ4n) is 4.27. The van der Waals surface area contributed by atoms with Crippen LogP contribution >= 0.6 is 0 Å². The fourth-order valence-corrected chi connectivity index (χ4v) is 4.27. The van der Waals surface area contributed by atoms with Crippen molar-refractivity contribution in [3.63, 3.8) is 0 Å². The average Bonchev–Trinajstić information content (AvgIpc) is 2.88. The lowest BCUT2D eigenvalue weighted by atomic mass is 10.1. The van der Waals surface area contributed by atoms with Crippen LogP contribution in [-0.2, 0) is 4.74 Å². The van der Waals surface area contributed by atoms with Gasteiger partial charge in [0, 0.05) is 41.9 Å². The quantitative estimate of drug-likeness (QED) is 0.329. The lowest BCUT2D eigenvalue weighted by Gasteiger charge is -2.30. The van der Waals surface area contributed by atoms with Crippen LogP contribution < -0.4 is 20.6 Å². The number of carbonyl (C=O) groups excluding carboxylic acids is 1. The number of ketones is 1. The molecule has 9 heteroatoms. The molecule has 0 saturated carbocycles. The van der Waals surface area contributed by atoms with E-state index in [-0.39, 0.29) is 11.3 Å². The van der Waals surface area contributed by atoms with E-state index in [9.17, 15) is 9.59 Å². The number of nitrogens with one attached hydrogen (secondary N) is 1. The molecular weight excluding hydrogens is 448 g/mol. The van der Waals surface area contributed by atoms with Gasteiger partial charge in [-0.15, -0.1) is 0 Å². The number of hydrogen-bond donors (Lipinski definition) is 1. The van der Waals surface area contributed by atoms with E-state index < -0.39 is 5.63 Å². The van der Waals surface area contributed by atoms with Crippen molar-refractivity contribution in [1.82, 2.24) is 9.97 Å². The number of anilines is 3. The second-order valence-corrected chi connectivity index (χ2v) is 8.09. The molecular formula is C26H24N4O5. The molecule has 0 atom stereocenters. The topological polar surface area (TPSA) is 107 Å². The third kappa shape index (κ3) is 4.45. The standard InChI is InChI=1S/C26H24N4O5/c1-16(31)24-25(30-9-11-34-12-10-30)19-8-7-17(13-22(19)35-26(24)32)29-23-14-20(27-15-28-23)18-5-3-4-6-21(18)33-2/h3-8,13-15H,9-12H2,1-2H3,(H,27,28,29). The van der Waals surface area contributed by atoms with Gasteiger partial charge in [0.1, 0.15) is 29.0 Å².